The van der Waals surface area contributed by atoms with Gasteiger partial charge in [-0.15, -0.1) is 10.2 Å². The molecule has 1 rings (SSSR count). The number of rotatable bonds is 10. The lowest BCUT2D eigenvalue weighted by atomic mass is 9.94. The third-order valence-corrected chi connectivity index (χ3v) is 3.45. The topological polar surface area (TPSA) is 77.3 Å². The second-order valence-corrected chi connectivity index (χ2v) is 5.43. The number of aryl methyl sites for hydroxylation is 1. The van der Waals surface area contributed by atoms with E-state index in [0.29, 0.717) is 24.9 Å². The van der Waals surface area contributed by atoms with E-state index >= 15 is 0 Å². The standard InChI is InChI=1S/C15H27N3O3/c1-5-7-8-9-10-15(4,14(19)20-6-2)16-11-13-18-17-12(3)21-13/h16H,5-11H2,1-4H3. The highest BCUT2D eigenvalue weighted by Crippen LogP contribution is 2.18. The second-order valence-electron chi connectivity index (χ2n) is 5.43. The lowest BCUT2D eigenvalue weighted by Gasteiger charge is -2.28. The van der Waals surface area contributed by atoms with Crippen molar-refractivity contribution in [1.29, 1.82) is 0 Å². The third-order valence-electron chi connectivity index (χ3n) is 3.45. The molecule has 120 valence electrons. The van der Waals surface area contributed by atoms with Crippen LogP contribution in [-0.2, 0) is 16.1 Å². The van der Waals surface area contributed by atoms with Crippen LogP contribution in [0.4, 0.5) is 0 Å². The van der Waals surface area contributed by atoms with Gasteiger partial charge >= 0.3 is 5.97 Å². The van der Waals surface area contributed by atoms with Crippen molar-refractivity contribution in [2.45, 2.75) is 71.9 Å². The van der Waals surface area contributed by atoms with Crippen molar-refractivity contribution in [3.63, 3.8) is 0 Å². The zero-order valence-electron chi connectivity index (χ0n) is 13.6. The minimum Gasteiger partial charge on any atom is -0.465 e. The van der Waals surface area contributed by atoms with Crippen LogP contribution in [0.3, 0.4) is 0 Å². The molecule has 0 saturated heterocycles. The highest BCUT2D eigenvalue weighted by molar-refractivity contribution is 5.80. The summed E-state index contributed by atoms with van der Waals surface area (Å²) in [7, 11) is 0. The Kier molecular flexibility index (Phi) is 7.36. The summed E-state index contributed by atoms with van der Waals surface area (Å²) >= 11 is 0. The first-order valence-electron chi connectivity index (χ1n) is 7.73. The molecule has 0 saturated carbocycles. The summed E-state index contributed by atoms with van der Waals surface area (Å²) in [6, 6.07) is 0. The molecule has 1 aromatic rings. The molecule has 0 radical (unpaired) electrons. The number of esters is 1. The molecule has 1 N–H and O–H groups in total. The molecule has 1 unspecified atom stereocenters. The molecule has 21 heavy (non-hydrogen) atoms. The number of carbonyl (C=O) groups is 1. The molecule has 0 aliphatic carbocycles. The monoisotopic (exact) mass is 297 g/mol. The lowest BCUT2D eigenvalue weighted by Crippen LogP contribution is -2.50. The van der Waals surface area contributed by atoms with Gasteiger partial charge in [-0.2, -0.15) is 0 Å². The van der Waals surface area contributed by atoms with E-state index in [1.54, 1.807) is 6.92 Å². The minimum atomic E-state index is -0.716. The van der Waals surface area contributed by atoms with Crippen LogP contribution in [0.25, 0.3) is 0 Å². The van der Waals surface area contributed by atoms with E-state index < -0.39 is 5.54 Å². The van der Waals surface area contributed by atoms with Crippen LogP contribution in [-0.4, -0.2) is 28.3 Å². The number of nitrogens with zero attached hydrogens (tertiary/aromatic N) is 2. The normalized spacial score (nSPS) is 13.9. The van der Waals surface area contributed by atoms with Gasteiger partial charge in [0, 0.05) is 6.92 Å². The van der Waals surface area contributed by atoms with Crippen molar-refractivity contribution >= 4 is 5.97 Å². The van der Waals surface area contributed by atoms with Crippen LogP contribution >= 0.6 is 0 Å². The summed E-state index contributed by atoms with van der Waals surface area (Å²) in [5.74, 6) is 0.780. The molecule has 0 spiro atoms. The minimum absolute atomic E-state index is 0.224. The highest BCUT2D eigenvalue weighted by Gasteiger charge is 2.34. The SMILES string of the molecule is CCCCCCC(C)(NCc1nnc(C)o1)C(=O)OCC. The molecule has 1 atom stereocenters. The summed E-state index contributed by atoms with van der Waals surface area (Å²) in [5, 5.41) is 10.9. The summed E-state index contributed by atoms with van der Waals surface area (Å²) < 4.78 is 10.5. The van der Waals surface area contributed by atoms with Gasteiger partial charge in [0.15, 0.2) is 0 Å². The van der Waals surface area contributed by atoms with Gasteiger partial charge < -0.3 is 9.15 Å². The molecule has 1 aromatic heterocycles. The molecule has 0 amide bonds. The van der Waals surface area contributed by atoms with E-state index in [1.165, 1.54) is 12.8 Å². The summed E-state index contributed by atoms with van der Waals surface area (Å²) in [4.78, 5) is 12.2. The zero-order valence-corrected chi connectivity index (χ0v) is 13.6. The van der Waals surface area contributed by atoms with Gasteiger partial charge in [-0.25, -0.2) is 0 Å². The molecule has 0 aromatic carbocycles. The molecule has 6 heteroatoms. The largest absolute Gasteiger partial charge is 0.465 e. The van der Waals surface area contributed by atoms with Gasteiger partial charge in [0.1, 0.15) is 5.54 Å². The predicted octanol–water partition coefficient (Wildman–Crippen LogP) is 2.76. The maximum absolute atomic E-state index is 12.2. The number of nitrogens with one attached hydrogen (secondary N) is 1. The van der Waals surface area contributed by atoms with E-state index in [4.69, 9.17) is 9.15 Å². The van der Waals surface area contributed by atoms with Gasteiger partial charge in [-0.05, 0) is 20.3 Å². The Morgan fingerprint density at radius 2 is 2.05 bits per heavy atom. The van der Waals surface area contributed by atoms with Crippen LogP contribution in [0.15, 0.2) is 4.42 Å². The van der Waals surface area contributed by atoms with E-state index in [9.17, 15) is 4.79 Å². The Hall–Kier alpha value is -1.43. The Labute approximate surface area is 126 Å². The first-order valence-corrected chi connectivity index (χ1v) is 7.73. The molecule has 0 bridgehead atoms. The number of hydrogen-bond donors (Lipinski definition) is 1. The number of aromatic nitrogens is 2. The van der Waals surface area contributed by atoms with Gasteiger partial charge in [0.25, 0.3) is 0 Å². The van der Waals surface area contributed by atoms with E-state index in [-0.39, 0.29) is 5.97 Å². The van der Waals surface area contributed by atoms with E-state index in [2.05, 4.69) is 22.4 Å². The molecule has 1 heterocycles. The van der Waals surface area contributed by atoms with Crippen molar-refractivity contribution in [3.8, 4) is 0 Å². The van der Waals surface area contributed by atoms with Gasteiger partial charge in [0.05, 0.1) is 13.2 Å². The van der Waals surface area contributed by atoms with Gasteiger partial charge in [-0.3, -0.25) is 10.1 Å². The highest BCUT2D eigenvalue weighted by atomic mass is 16.5. The Morgan fingerprint density at radius 3 is 2.62 bits per heavy atom. The maximum atomic E-state index is 12.2. The van der Waals surface area contributed by atoms with Crippen LogP contribution < -0.4 is 5.32 Å². The van der Waals surface area contributed by atoms with Crippen molar-refractivity contribution in [2.75, 3.05) is 6.61 Å². The molecule has 0 aliphatic heterocycles. The average Bonchev–Trinajstić information content (AvgIpc) is 2.87. The zero-order chi connectivity index (χ0) is 15.7. The molecular formula is C15H27N3O3. The first-order chi connectivity index (χ1) is 10.0. The second kappa shape index (κ2) is 8.77. The van der Waals surface area contributed by atoms with Crippen LogP contribution in [0, 0.1) is 6.92 Å². The van der Waals surface area contributed by atoms with E-state index in [0.717, 1.165) is 19.3 Å². The summed E-state index contributed by atoms with van der Waals surface area (Å²) in [5.41, 5.74) is -0.716. The molecular weight excluding hydrogens is 270 g/mol. The first kappa shape index (κ1) is 17.6. The van der Waals surface area contributed by atoms with Gasteiger partial charge in [-0.1, -0.05) is 32.6 Å². The Bertz CT molecular complexity index is 434. The number of hydrogen-bond acceptors (Lipinski definition) is 6. The van der Waals surface area contributed by atoms with Crippen molar-refractivity contribution in [3.05, 3.63) is 11.8 Å². The molecule has 0 aliphatic rings. The third kappa shape index (κ3) is 5.83. The van der Waals surface area contributed by atoms with Crippen molar-refractivity contribution < 1.29 is 13.9 Å². The summed E-state index contributed by atoms with van der Waals surface area (Å²) in [6.07, 6.45) is 5.19. The van der Waals surface area contributed by atoms with Crippen LogP contribution in [0.1, 0.15) is 64.7 Å². The lowest BCUT2D eigenvalue weighted by molar-refractivity contribution is -0.151. The number of ether oxygens (including phenoxy) is 1. The van der Waals surface area contributed by atoms with E-state index in [1.807, 2.05) is 13.8 Å². The smallest absolute Gasteiger partial charge is 0.326 e. The van der Waals surface area contributed by atoms with Crippen LogP contribution in [0.2, 0.25) is 0 Å². The Balaban J connectivity index is 2.59. The fraction of sp³-hybridized carbons (Fsp3) is 0.800. The molecule has 6 nitrogen and oxygen atoms in total. The van der Waals surface area contributed by atoms with Crippen molar-refractivity contribution in [1.82, 2.24) is 15.5 Å². The predicted molar refractivity (Wildman–Crippen MR) is 79.7 cm³/mol. The van der Waals surface area contributed by atoms with Crippen molar-refractivity contribution in [2.24, 2.45) is 0 Å². The fourth-order valence-electron chi connectivity index (χ4n) is 2.14. The average molecular weight is 297 g/mol. The quantitative estimate of drug-likeness (QED) is 0.528. The Morgan fingerprint density at radius 1 is 1.29 bits per heavy atom. The maximum Gasteiger partial charge on any atom is 0.326 e. The molecule has 0 fully saturated rings. The van der Waals surface area contributed by atoms with Crippen LogP contribution in [0.5, 0.6) is 0 Å². The number of unbranched alkanes of at least 4 members (excludes halogenated alkanes) is 3. The number of carbonyl (C=O) groups excluding carboxylic acids is 1. The summed E-state index contributed by atoms with van der Waals surface area (Å²) in [6.45, 7) is 8.35. The fourth-order valence-corrected chi connectivity index (χ4v) is 2.14. The van der Waals surface area contributed by atoms with Gasteiger partial charge in [0.2, 0.25) is 11.8 Å².